The maximum atomic E-state index is 9.75. The molecule has 0 aliphatic carbocycles. The molecule has 2 nitrogen and oxygen atoms in total. The van der Waals surface area contributed by atoms with E-state index in [1.54, 1.807) is 24.4 Å². The first-order chi connectivity index (χ1) is 5.93. The Morgan fingerprint density at radius 1 is 1.31 bits per heavy atom. The van der Waals surface area contributed by atoms with Gasteiger partial charge in [0.1, 0.15) is 11.8 Å². The first kappa shape index (κ1) is 11.4. The number of hydrogen-bond acceptors (Lipinski definition) is 2. The Morgan fingerprint density at radius 3 is 2.08 bits per heavy atom. The van der Waals surface area contributed by atoms with Crippen LogP contribution in [0.5, 0.6) is 0 Å². The molecule has 1 heterocycles. The third-order valence-corrected chi connectivity index (χ3v) is 0.779. The largest absolute Gasteiger partial charge is 1.00 e. The van der Waals surface area contributed by atoms with Crippen LogP contribution in [0, 0.1) is 11.3 Å². The second-order valence-electron chi connectivity index (χ2n) is 1.82. The van der Waals surface area contributed by atoms with Crippen LogP contribution >= 0.6 is 0 Å². The van der Waals surface area contributed by atoms with E-state index in [4.69, 9.17) is 5.26 Å². The summed E-state index contributed by atoms with van der Waals surface area (Å²) in [4.78, 5) is 3.74. The van der Waals surface area contributed by atoms with E-state index < -0.39 is 7.25 Å². The zero-order chi connectivity index (χ0) is 10.3. The van der Waals surface area contributed by atoms with Crippen molar-refractivity contribution in [1.29, 1.82) is 5.26 Å². The van der Waals surface area contributed by atoms with Crippen LogP contribution in [0.15, 0.2) is 24.4 Å². The first-order valence-corrected chi connectivity index (χ1v) is 3.12. The Labute approximate surface area is 73.4 Å². The highest BCUT2D eigenvalue weighted by molar-refractivity contribution is 6.50. The molecule has 13 heavy (non-hydrogen) atoms. The molecule has 0 radical (unpaired) electrons. The maximum Gasteiger partial charge on any atom is 1.00 e. The van der Waals surface area contributed by atoms with Crippen molar-refractivity contribution >= 4 is 7.25 Å². The average molecular weight is 192 g/mol. The minimum Gasteiger partial charge on any atom is -0.418 e. The highest BCUT2D eigenvalue weighted by atomic mass is 19.5. The first-order valence-electron chi connectivity index (χ1n) is 3.12. The third-order valence-electron chi connectivity index (χ3n) is 0.779. The summed E-state index contributed by atoms with van der Waals surface area (Å²) in [5.74, 6) is 0. The van der Waals surface area contributed by atoms with Crippen molar-refractivity contribution in [3.8, 4) is 6.07 Å². The van der Waals surface area contributed by atoms with Gasteiger partial charge in [0.05, 0.1) is 0 Å². The van der Waals surface area contributed by atoms with E-state index in [0.29, 0.717) is 5.69 Å². The molecule has 1 aromatic heterocycles. The maximum absolute atomic E-state index is 9.75. The summed E-state index contributed by atoms with van der Waals surface area (Å²) in [6.07, 6.45) is 1.60. The fourth-order valence-corrected chi connectivity index (χ4v) is 0.429. The van der Waals surface area contributed by atoms with Gasteiger partial charge in [-0.1, -0.05) is 6.07 Å². The summed E-state index contributed by atoms with van der Waals surface area (Å²) < 4.78 is 39.0. The van der Waals surface area contributed by atoms with E-state index >= 15 is 0 Å². The second-order valence-corrected chi connectivity index (χ2v) is 1.82. The van der Waals surface area contributed by atoms with E-state index in [2.05, 4.69) is 4.98 Å². The lowest BCUT2D eigenvalue weighted by Gasteiger charge is -1.94. The zero-order valence-electron chi connectivity index (χ0n) is 7.29. The van der Waals surface area contributed by atoms with Crippen molar-refractivity contribution < 1.29 is 18.7 Å². The number of nitriles is 1. The van der Waals surface area contributed by atoms with Crippen LogP contribution < -0.4 is 0 Å². The van der Waals surface area contributed by atoms with Gasteiger partial charge in [0.25, 0.3) is 0 Å². The highest BCUT2D eigenvalue weighted by Crippen LogP contribution is 2.06. The van der Waals surface area contributed by atoms with Crippen molar-refractivity contribution in [2.45, 2.75) is 0 Å². The van der Waals surface area contributed by atoms with Gasteiger partial charge in [0.15, 0.2) is 0 Å². The number of rotatable bonds is 0. The van der Waals surface area contributed by atoms with E-state index in [-0.39, 0.29) is 1.43 Å². The van der Waals surface area contributed by atoms with E-state index in [1.165, 1.54) is 0 Å². The number of hydrogen-bond donors (Lipinski definition) is 0. The number of nitrogens with zero attached hydrogens (tertiary/aromatic N) is 2. The lowest BCUT2D eigenvalue weighted by Crippen LogP contribution is -2.02. The van der Waals surface area contributed by atoms with Crippen molar-refractivity contribution in [1.82, 2.24) is 4.98 Å². The Morgan fingerprint density at radius 2 is 1.85 bits per heavy atom. The van der Waals surface area contributed by atoms with Crippen LogP contribution in [0.1, 0.15) is 7.12 Å². The van der Waals surface area contributed by atoms with Crippen LogP contribution in [0.4, 0.5) is 17.3 Å². The van der Waals surface area contributed by atoms with Gasteiger partial charge in [-0.15, -0.1) is 0 Å². The quantitative estimate of drug-likeness (QED) is 0.467. The van der Waals surface area contributed by atoms with E-state index in [9.17, 15) is 17.3 Å². The van der Waals surface area contributed by atoms with E-state index in [1.807, 2.05) is 6.07 Å². The number of pyridine rings is 1. The molecule has 0 aromatic carbocycles. The van der Waals surface area contributed by atoms with E-state index in [0.717, 1.165) is 0 Å². The van der Waals surface area contributed by atoms with Crippen molar-refractivity contribution in [3.05, 3.63) is 30.1 Å². The normalized spacial score (nSPS) is 9.46. The van der Waals surface area contributed by atoms with Gasteiger partial charge < -0.3 is 17.3 Å². The zero-order valence-corrected chi connectivity index (χ0v) is 6.29. The smallest absolute Gasteiger partial charge is 0.418 e. The molecule has 0 amide bonds. The third kappa shape index (κ3) is 10.4. The molecule has 0 aliphatic heterocycles. The Balaban J connectivity index is 0. The molecule has 0 spiro atoms. The molecule has 0 atom stereocenters. The van der Waals surface area contributed by atoms with Crippen molar-refractivity contribution in [2.75, 3.05) is 0 Å². The average Bonchev–Trinajstić information content (AvgIpc) is 2.03. The standard InChI is InChI=1S/C6H4N2.BF4/c7-5-6-3-1-2-4-8-6;2-1(3,4)5/h1-4H;/q;-1/p+1. The molecular formula is C6H5BF4N2. The minimum atomic E-state index is -6.00. The summed E-state index contributed by atoms with van der Waals surface area (Å²) in [6, 6.07) is 7.14. The number of halogens is 4. The molecule has 0 unspecified atom stereocenters. The lowest BCUT2D eigenvalue weighted by molar-refractivity contribution is 0.368. The Bertz CT molecular complexity index is 278. The molecule has 1 rings (SSSR count). The van der Waals surface area contributed by atoms with Crippen LogP contribution in [0.3, 0.4) is 0 Å². The van der Waals surface area contributed by atoms with Crippen LogP contribution in [-0.4, -0.2) is 12.2 Å². The summed E-state index contributed by atoms with van der Waals surface area (Å²) in [6.45, 7) is 0. The predicted octanol–water partition coefficient (Wildman–Crippen LogP) is 2.37. The molecular weight excluding hydrogens is 187 g/mol. The molecule has 0 saturated carbocycles. The van der Waals surface area contributed by atoms with Gasteiger partial charge in [0.2, 0.25) is 0 Å². The van der Waals surface area contributed by atoms with Gasteiger partial charge in [-0.3, -0.25) is 0 Å². The Hall–Kier alpha value is -1.58. The molecule has 0 bridgehead atoms. The van der Waals surface area contributed by atoms with Crippen molar-refractivity contribution in [2.24, 2.45) is 0 Å². The fourth-order valence-electron chi connectivity index (χ4n) is 0.429. The number of aromatic nitrogens is 1. The van der Waals surface area contributed by atoms with Gasteiger partial charge in [-0.2, -0.15) is 5.26 Å². The van der Waals surface area contributed by atoms with Crippen LogP contribution in [0.2, 0.25) is 0 Å². The van der Waals surface area contributed by atoms with Crippen molar-refractivity contribution in [3.63, 3.8) is 0 Å². The fraction of sp³-hybridized carbons (Fsp3) is 0. The monoisotopic (exact) mass is 192 g/mol. The van der Waals surface area contributed by atoms with Gasteiger partial charge in [0, 0.05) is 6.20 Å². The second kappa shape index (κ2) is 5.14. The van der Waals surface area contributed by atoms with Gasteiger partial charge in [-0.25, -0.2) is 4.98 Å². The molecule has 1 aromatic rings. The minimum absolute atomic E-state index is 0. The summed E-state index contributed by atoms with van der Waals surface area (Å²) in [5, 5.41) is 8.23. The summed E-state index contributed by atoms with van der Waals surface area (Å²) >= 11 is 0. The van der Waals surface area contributed by atoms with Gasteiger partial charge in [-0.05, 0) is 12.1 Å². The Kier molecular flexibility index (Phi) is 4.52. The van der Waals surface area contributed by atoms with Crippen LogP contribution in [-0.2, 0) is 0 Å². The summed E-state index contributed by atoms with van der Waals surface area (Å²) in [7, 11) is -6.00. The highest BCUT2D eigenvalue weighted by Gasteiger charge is 2.20. The molecule has 0 saturated heterocycles. The molecule has 70 valence electrons. The van der Waals surface area contributed by atoms with Gasteiger partial charge >= 0.3 is 8.68 Å². The summed E-state index contributed by atoms with van der Waals surface area (Å²) in [5.41, 5.74) is 0.465. The molecule has 0 fully saturated rings. The molecule has 7 heteroatoms. The topological polar surface area (TPSA) is 36.7 Å². The molecule has 0 N–H and O–H groups in total. The SMILES string of the molecule is F[B-](F)(F)F.N#Cc1ccccn1.[H+]. The lowest BCUT2D eigenvalue weighted by atomic mass is 10.3. The molecule has 0 aliphatic rings. The van der Waals surface area contributed by atoms with Crippen LogP contribution in [0.25, 0.3) is 0 Å². The predicted molar refractivity (Wildman–Crippen MR) is 40.3 cm³/mol.